The molecule has 0 saturated carbocycles. The van der Waals surface area contributed by atoms with Crippen molar-refractivity contribution in [2.75, 3.05) is 66.0 Å². The van der Waals surface area contributed by atoms with Gasteiger partial charge in [-0.05, 0) is 34.7 Å². The lowest BCUT2D eigenvalue weighted by Gasteiger charge is -2.37. The van der Waals surface area contributed by atoms with E-state index in [0.717, 1.165) is 26.2 Å². The van der Waals surface area contributed by atoms with Crippen LogP contribution in [0, 0.1) is 0 Å². The van der Waals surface area contributed by atoms with Crippen LogP contribution < -0.4 is 5.73 Å². The molecule has 2 heterocycles. The second kappa shape index (κ2) is 8.90. The standard InChI is InChI=1S/C18H36N6O2/c1-15(22-8-6-21(5)7-9-22)14-20-16(19)23-10-12-24(13-11-23)17(25)26-18(2,3)4/h15H,6-14H2,1-5H3,(H2,19,20). The first-order valence-electron chi connectivity index (χ1n) is 9.61. The Morgan fingerprint density at radius 2 is 1.58 bits per heavy atom. The predicted octanol–water partition coefficient (Wildman–Crippen LogP) is 0.490. The fraction of sp³-hybridized carbons (Fsp3) is 0.889. The Morgan fingerprint density at radius 1 is 1.04 bits per heavy atom. The molecule has 1 amide bonds. The topological polar surface area (TPSA) is 77.6 Å². The summed E-state index contributed by atoms with van der Waals surface area (Å²) in [5.41, 5.74) is 5.72. The SMILES string of the molecule is CC(CN=C(N)N1CCN(C(=O)OC(C)(C)C)CC1)N1CCN(C)CC1. The first kappa shape index (κ1) is 20.8. The van der Waals surface area contributed by atoms with Crippen LogP contribution in [0.15, 0.2) is 4.99 Å². The molecule has 2 rings (SSSR count). The van der Waals surface area contributed by atoms with Crippen LogP contribution in [0.5, 0.6) is 0 Å². The number of nitrogens with two attached hydrogens (primary N) is 1. The van der Waals surface area contributed by atoms with Crippen molar-refractivity contribution in [2.24, 2.45) is 10.7 Å². The molecule has 2 saturated heterocycles. The van der Waals surface area contributed by atoms with Gasteiger partial charge in [-0.25, -0.2) is 4.79 Å². The fourth-order valence-electron chi connectivity index (χ4n) is 3.15. The molecule has 2 N–H and O–H groups in total. The van der Waals surface area contributed by atoms with Crippen LogP contribution in [-0.4, -0.2) is 109 Å². The molecule has 1 unspecified atom stereocenters. The van der Waals surface area contributed by atoms with Crippen molar-refractivity contribution in [1.82, 2.24) is 19.6 Å². The number of carbonyl (C=O) groups excluding carboxylic acids is 1. The molecule has 0 spiro atoms. The molecule has 0 aromatic rings. The highest BCUT2D eigenvalue weighted by Crippen LogP contribution is 2.12. The maximum Gasteiger partial charge on any atom is 0.410 e. The van der Waals surface area contributed by atoms with Crippen molar-refractivity contribution in [1.29, 1.82) is 0 Å². The molecule has 8 heteroatoms. The van der Waals surface area contributed by atoms with E-state index in [2.05, 4.69) is 33.7 Å². The van der Waals surface area contributed by atoms with Crippen LogP contribution in [0.25, 0.3) is 0 Å². The predicted molar refractivity (Wildman–Crippen MR) is 104 cm³/mol. The monoisotopic (exact) mass is 368 g/mol. The Labute approximate surface area is 157 Å². The third-order valence-corrected chi connectivity index (χ3v) is 4.93. The van der Waals surface area contributed by atoms with Gasteiger partial charge in [0.05, 0.1) is 6.54 Å². The van der Waals surface area contributed by atoms with Crippen LogP contribution in [0.1, 0.15) is 27.7 Å². The summed E-state index contributed by atoms with van der Waals surface area (Å²) in [7, 11) is 2.16. The highest BCUT2D eigenvalue weighted by molar-refractivity contribution is 5.78. The Kier molecular flexibility index (Phi) is 7.11. The van der Waals surface area contributed by atoms with Crippen LogP contribution in [0.3, 0.4) is 0 Å². The van der Waals surface area contributed by atoms with E-state index in [1.54, 1.807) is 4.90 Å². The third kappa shape index (κ3) is 6.32. The van der Waals surface area contributed by atoms with Gasteiger partial charge in [0.1, 0.15) is 5.60 Å². The van der Waals surface area contributed by atoms with Crippen LogP contribution >= 0.6 is 0 Å². The summed E-state index contributed by atoms with van der Waals surface area (Å²) in [6, 6.07) is 0.394. The molecule has 0 aromatic carbocycles. The molecule has 2 aliphatic heterocycles. The first-order chi connectivity index (χ1) is 12.2. The summed E-state index contributed by atoms with van der Waals surface area (Å²) in [6.07, 6.45) is -0.253. The lowest BCUT2D eigenvalue weighted by atomic mass is 10.2. The maximum atomic E-state index is 12.1. The number of hydrogen-bond donors (Lipinski definition) is 1. The maximum absolute atomic E-state index is 12.1. The van der Waals surface area contributed by atoms with Crippen molar-refractivity contribution in [3.63, 3.8) is 0 Å². The normalized spacial score (nSPS) is 22.4. The minimum absolute atomic E-state index is 0.253. The van der Waals surface area contributed by atoms with Gasteiger partial charge in [0.15, 0.2) is 5.96 Å². The van der Waals surface area contributed by atoms with Gasteiger partial charge < -0.3 is 25.2 Å². The summed E-state index contributed by atoms with van der Waals surface area (Å²) in [5.74, 6) is 0.579. The first-order valence-corrected chi connectivity index (χ1v) is 9.61. The van der Waals surface area contributed by atoms with Gasteiger partial charge in [0, 0.05) is 58.4 Å². The lowest BCUT2D eigenvalue weighted by molar-refractivity contribution is 0.0186. The smallest absolute Gasteiger partial charge is 0.410 e. The Balaban J connectivity index is 1.76. The minimum Gasteiger partial charge on any atom is -0.444 e. The summed E-state index contributed by atoms with van der Waals surface area (Å²) >= 11 is 0. The molecule has 150 valence electrons. The largest absolute Gasteiger partial charge is 0.444 e. The number of amides is 1. The van der Waals surface area contributed by atoms with Crippen LogP contribution in [0.4, 0.5) is 4.79 Å². The molecule has 0 bridgehead atoms. The van der Waals surface area contributed by atoms with Gasteiger partial charge in [0.25, 0.3) is 0 Å². The van der Waals surface area contributed by atoms with E-state index in [9.17, 15) is 4.79 Å². The van der Waals surface area contributed by atoms with Crippen molar-refractivity contribution in [3.8, 4) is 0 Å². The highest BCUT2D eigenvalue weighted by Gasteiger charge is 2.26. The zero-order valence-corrected chi connectivity index (χ0v) is 17.1. The van der Waals surface area contributed by atoms with Crippen molar-refractivity contribution < 1.29 is 9.53 Å². The molecule has 2 fully saturated rings. The second-order valence-corrected chi connectivity index (χ2v) is 8.34. The zero-order valence-electron chi connectivity index (χ0n) is 17.1. The number of piperazine rings is 2. The van der Waals surface area contributed by atoms with Gasteiger partial charge in [-0.1, -0.05) is 0 Å². The number of carbonyl (C=O) groups is 1. The van der Waals surface area contributed by atoms with E-state index in [4.69, 9.17) is 10.5 Å². The number of aliphatic imine (C=N–C) groups is 1. The summed E-state index contributed by atoms with van der Waals surface area (Å²) < 4.78 is 5.42. The number of ether oxygens (including phenoxy) is 1. The van der Waals surface area contributed by atoms with Gasteiger partial charge in [-0.15, -0.1) is 0 Å². The average Bonchev–Trinajstić information content (AvgIpc) is 2.58. The number of rotatable bonds is 3. The number of guanidine groups is 1. The number of hydrogen-bond acceptors (Lipinski definition) is 5. The van der Waals surface area contributed by atoms with E-state index >= 15 is 0 Å². The van der Waals surface area contributed by atoms with Gasteiger partial charge in [0.2, 0.25) is 0 Å². The Morgan fingerprint density at radius 3 is 2.12 bits per heavy atom. The molecule has 0 radical (unpaired) electrons. The molecule has 8 nitrogen and oxygen atoms in total. The fourth-order valence-corrected chi connectivity index (χ4v) is 3.15. The van der Waals surface area contributed by atoms with E-state index in [1.807, 2.05) is 20.8 Å². The second-order valence-electron chi connectivity index (χ2n) is 8.34. The van der Waals surface area contributed by atoms with Crippen LogP contribution in [-0.2, 0) is 4.74 Å². The molecular formula is C18H36N6O2. The average molecular weight is 369 g/mol. The third-order valence-electron chi connectivity index (χ3n) is 4.93. The molecule has 0 aliphatic carbocycles. The molecule has 1 atom stereocenters. The van der Waals surface area contributed by atoms with Gasteiger partial charge in [-0.2, -0.15) is 0 Å². The number of likely N-dealkylation sites (N-methyl/N-ethyl adjacent to an activating group) is 1. The van der Waals surface area contributed by atoms with Gasteiger partial charge in [-0.3, -0.25) is 9.89 Å². The van der Waals surface area contributed by atoms with E-state index in [1.165, 1.54) is 0 Å². The van der Waals surface area contributed by atoms with Crippen molar-refractivity contribution >= 4 is 12.1 Å². The van der Waals surface area contributed by atoms with E-state index < -0.39 is 5.60 Å². The molecule has 26 heavy (non-hydrogen) atoms. The number of nitrogens with zero attached hydrogens (tertiary/aromatic N) is 5. The molecule has 0 aromatic heterocycles. The Hall–Kier alpha value is -1.54. The van der Waals surface area contributed by atoms with Crippen LogP contribution in [0.2, 0.25) is 0 Å². The summed E-state index contributed by atoms with van der Waals surface area (Å²) in [4.78, 5) is 25.3. The summed E-state index contributed by atoms with van der Waals surface area (Å²) in [5, 5.41) is 0. The van der Waals surface area contributed by atoms with Crippen molar-refractivity contribution in [2.45, 2.75) is 39.3 Å². The molecular weight excluding hydrogens is 332 g/mol. The van der Waals surface area contributed by atoms with Gasteiger partial charge >= 0.3 is 6.09 Å². The zero-order chi connectivity index (χ0) is 19.3. The van der Waals surface area contributed by atoms with Crippen molar-refractivity contribution in [3.05, 3.63) is 0 Å². The minimum atomic E-state index is -0.464. The lowest BCUT2D eigenvalue weighted by Crippen LogP contribution is -2.53. The summed E-state index contributed by atoms with van der Waals surface area (Å²) in [6.45, 7) is 15.6. The van der Waals surface area contributed by atoms with E-state index in [-0.39, 0.29) is 6.09 Å². The quantitative estimate of drug-likeness (QED) is 0.577. The molecule has 2 aliphatic rings. The highest BCUT2D eigenvalue weighted by atomic mass is 16.6. The Bertz CT molecular complexity index is 488. The van der Waals surface area contributed by atoms with E-state index in [0.29, 0.717) is 44.7 Å².